The Balaban J connectivity index is 2.25. The van der Waals surface area contributed by atoms with E-state index in [0.29, 0.717) is 16.9 Å². The number of nitrogens with two attached hydrogens (primary N) is 1. The molecular weight excluding hydrogens is 286 g/mol. The lowest BCUT2D eigenvalue weighted by Gasteiger charge is -2.09. The maximum atomic E-state index is 11.4. The number of nitrogen functional groups attached to an aromatic ring is 1. The number of nitrogens with one attached hydrogen (secondary N) is 1. The van der Waals surface area contributed by atoms with Gasteiger partial charge >= 0.3 is 5.97 Å². The van der Waals surface area contributed by atoms with Gasteiger partial charge < -0.3 is 20.6 Å². The van der Waals surface area contributed by atoms with Gasteiger partial charge in [0.05, 0.1) is 24.5 Å². The van der Waals surface area contributed by atoms with Crippen molar-refractivity contribution in [2.24, 2.45) is 5.16 Å². The summed E-state index contributed by atoms with van der Waals surface area (Å²) in [4.78, 5) is 24.1. The first-order chi connectivity index (χ1) is 10.7. The van der Waals surface area contributed by atoms with E-state index < -0.39 is 5.97 Å². The second-order valence-corrected chi connectivity index (χ2v) is 4.13. The Kier molecular flexibility index (Phi) is 4.86. The van der Waals surface area contributed by atoms with Crippen molar-refractivity contribution < 1.29 is 14.4 Å². The summed E-state index contributed by atoms with van der Waals surface area (Å²) in [6, 6.07) is 6.73. The zero-order chi connectivity index (χ0) is 15.9. The molecule has 0 aliphatic rings. The number of ether oxygens (including phenoxy) is 1. The van der Waals surface area contributed by atoms with E-state index in [9.17, 15) is 4.79 Å². The fraction of sp³-hybridized carbons (Fsp3) is 0.143. The van der Waals surface area contributed by atoms with Crippen molar-refractivity contribution in [2.45, 2.75) is 0 Å². The van der Waals surface area contributed by atoms with E-state index in [2.05, 4.69) is 30.0 Å². The molecule has 2 rings (SSSR count). The lowest BCUT2D eigenvalue weighted by atomic mass is 10.2. The van der Waals surface area contributed by atoms with Crippen LogP contribution in [0.2, 0.25) is 0 Å². The molecule has 0 bridgehead atoms. The topological polar surface area (TPSA) is 112 Å². The summed E-state index contributed by atoms with van der Waals surface area (Å²) in [6.45, 7) is 0. The highest BCUT2D eigenvalue weighted by Gasteiger charge is 2.09. The third-order valence-electron chi connectivity index (χ3n) is 2.77. The van der Waals surface area contributed by atoms with Gasteiger partial charge in [0.1, 0.15) is 25.1 Å². The average Bonchev–Trinajstić information content (AvgIpc) is 2.54. The van der Waals surface area contributed by atoms with Crippen LogP contribution in [-0.4, -0.2) is 36.4 Å². The fourth-order valence-electron chi connectivity index (χ4n) is 1.69. The summed E-state index contributed by atoms with van der Waals surface area (Å²) < 4.78 is 4.65. The van der Waals surface area contributed by atoms with Crippen molar-refractivity contribution in [1.29, 1.82) is 0 Å². The van der Waals surface area contributed by atoms with Crippen LogP contribution in [0.25, 0.3) is 0 Å². The molecule has 0 unspecified atom stereocenters. The summed E-state index contributed by atoms with van der Waals surface area (Å²) in [5.41, 5.74) is 7.48. The van der Waals surface area contributed by atoms with Crippen LogP contribution in [0.4, 0.5) is 17.3 Å². The van der Waals surface area contributed by atoms with E-state index in [1.54, 1.807) is 24.3 Å². The van der Waals surface area contributed by atoms with Crippen molar-refractivity contribution in [3.8, 4) is 0 Å². The molecule has 0 radical (unpaired) electrons. The van der Waals surface area contributed by atoms with Crippen molar-refractivity contribution in [2.75, 3.05) is 25.3 Å². The Labute approximate surface area is 127 Å². The molecule has 0 aliphatic carbocycles. The van der Waals surface area contributed by atoms with Crippen molar-refractivity contribution >= 4 is 29.5 Å². The van der Waals surface area contributed by atoms with Gasteiger partial charge in [-0.1, -0.05) is 5.16 Å². The highest BCUT2D eigenvalue weighted by molar-refractivity contribution is 5.93. The second kappa shape index (κ2) is 7.02. The minimum absolute atomic E-state index is 0.268. The second-order valence-electron chi connectivity index (χ2n) is 4.13. The standard InChI is InChI=1S/C14H15N5O3/c1-21-14(20)9-3-5-10(6-4-9)19-13-11(7-18-22-2)12(15)16-8-17-13/h3-8H,1-2H3,(H3,15,16,17,19). The van der Waals surface area contributed by atoms with Crippen molar-refractivity contribution in [3.05, 3.63) is 41.7 Å². The molecule has 0 aliphatic heterocycles. The number of hydrogen-bond donors (Lipinski definition) is 2. The molecule has 8 heteroatoms. The van der Waals surface area contributed by atoms with Crippen LogP contribution in [0.15, 0.2) is 35.7 Å². The minimum atomic E-state index is -0.397. The Morgan fingerprint density at radius 3 is 2.64 bits per heavy atom. The summed E-state index contributed by atoms with van der Waals surface area (Å²) >= 11 is 0. The molecule has 3 N–H and O–H groups in total. The quantitative estimate of drug-likeness (QED) is 0.489. The number of methoxy groups -OCH3 is 1. The summed E-state index contributed by atoms with van der Waals surface area (Å²) in [5, 5.41) is 6.74. The first-order valence-corrected chi connectivity index (χ1v) is 6.28. The molecule has 0 fully saturated rings. The Bertz CT molecular complexity index is 685. The zero-order valence-corrected chi connectivity index (χ0v) is 12.1. The van der Waals surface area contributed by atoms with Crippen molar-refractivity contribution in [1.82, 2.24) is 9.97 Å². The summed E-state index contributed by atoms with van der Waals surface area (Å²) in [7, 11) is 2.76. The highest BCUT2D eigenvalue weighted by Crippen LogP contribution is 2.20. The molecule has 8 nitrogen and oxygen atoms in total. The predicted molar refractivity (Wildman–Crippen MR) is 82.1 cm³/mol. The molecular formula is C14H15N5O3. The van der Waals surface area contributed by atoms with E-state index in [4.69, 9.17) is 5.73 Å². The van der Waals surface area contributed by atoms with Crippen LogP contribution in [0, 0.1) is 0 Å². The van der Waals surface area contributed by atoms with Crippen molar-refractivity contribution in [3.63, 3.8) is 0 Å². The number of oxime groups is 1. The molecule has 1 heterocycles. The van der Waals surface area contributed by atoms with Crippen LogP contribution >= 0.6 is 0 Å². The molecule has 22 heavy (non-hydrogen) atoms. The molecule has 114 valence electrons. The third-order valence-corrected chi connectivity index (χ3v) is 2.77. The van der Waals surface area contributed by atoms with E-state index in [-0.39, 0.29) is 5.82 Å². The molecule has 0 atom stereocenters. The Hall–Kier alpha value is -3.16. The normalized spacial score (nSPS) is 10.5. The molecule has 0 saturated heterocycles. The molecule has 1 aromatic carbocycles. The highest BCUT2D eigenvalue weighted by atomic mass is 16.6. The van der Waals surface area contributed by atoms with Gasteiger partial charge in [-0.2, -0.15) is 0 Å². The number of aromatic nitrogens is 2. The van der Waals surface area contributed by atoms with Gasteiger partial charge in [0.15, 0.2) is 0 Å². The van der Waals surface area contributed by atoms with Crippen LogP contribution in [0.5, 0.6) is 0 Å². The zero-order valence-electron chi connectivity index (χ0n) is 12.1. The smallest absolute Gasteiger partial charge is 0.337 e. The van der Waals surface area contributed by atoms with Gasteiger partial charge in [-0.25, -0.2) is 14.8 Å². The van der Waals surface area contributed by atoms with E-state index in [1.807, 2.05) is 0 Å². The lowest BCUT2D eigenvalue weighted by molar-refractivity contribution is 0.0601. The van der Waals surface area contributed by atoms with Gasteiger partial charge in [0.2, 0.25) is 0 Å². The summed E-state index contributed by atoms with van der Waals surface area (Å²) in [5.74, 6) is 0.342. The van der Waals surface area contributed by atoms with E-state index >= 15 is 0 Å². The third kappa shape index (κ3) is 3.48. The largest absolute Gasteiger partial charge is 0.465 e. The molecule has 0 spiro atoms. The summed E-state index contributed by atoms with van der Waals surface area (Å²) in [6.07, 6.45) is 2.76. The lowest BCUT2D eigenvalue weighted by Crippen LogP contribution is -2.05. The van der Waals surface area contributed by atoms with Crippen LogP contribution < -0.4 is 11.1 Å². The molecule has 0 amide bonds. The SMILES string of the molecule is CON=Cc1c(N)ncnc1Nc1ccc(C(=O)OC)cc1. The van der Waals surface area contributed by atoms with Crippen LogP contribution in [0.1, 0.15) is 15.9 Å². The number of carbonyl (C=O) groups is 1. The first kappa shape index (κ1) is 15.2. The van der Waals surface area contributed by atoms with Gasteiger partial charge in [0, 0.05) is 5.69 Å². The maximum absolute atomic E-state index is 11.4. The Morgan fingerprint density at radius 1 is 1.27 bits per heavy atom. The Morgan fingerprint density at radius 2 is 2.00 bits per heavy atom. The fourth-order valence-corrected chi connectivity index (χ4v) is 1.69. The van der Waals surface area contributed by atoms with Gasteiger partial charge in [-0.15, -0.1) is 0 Å². The minimum Gasteiger partial charge on any atom is -0.465 e. The number of carbonyl (C=O) groups excluding carboxylic acids is 1. The van der Waals surface area contributed by atoms with Crippen LogP contribution in [-0.2, 0) is 9.57 Å². The maximum Gasteiger partial charge on any atom is 0.337 e. The van der Waals surface area contributed by atoms with Gasteiger partial charge in [-0.3, -0.25) is 0 Å². The number of nitrogens with zero attached hydrogens (tertiary/aromatic N) is 3. The van der Waals surface area contributed by atoms with E-state index in [1.165, 1.54) is 26.8 Å². The number of anilines is 3. The first-order valence-electron chi connectivity index (χ1n) is 6.28. The van der Waals surface area contributed by atoms with Gasteiger partial charge in [0.25, 0.3) is 0 Å². The average molecular weight is 301 g/mol. The number of benzene rings is 1. The van der Waals surface area contributed by atoms with E-state index in [0.717, 1.165) is 5.69 Å². The number of rotatable bonds is 5. The predicted octanol–water partition coefficient (Wildman–Crippen LogP) is 1.57. The molecule has 2 aromatic rings. The molecule has 0 saturated carbocycles. The molecule has 1 aromatic heterocycles. The van der Waals surface area contributed by atoms with Crippen LogP contribution in [0.3, 0.4) is 0 Å². The monoisotopic (exact) mass is 301 g/mol. The number of esters is 1. The number of hydrogen-bond acceptors (Lipinski definition) is 8. The van der Waals surface area contributed by atoms with Gasteiger partial charge in [-0.05, 0) is 24.3 Å².